The van der Waals surface area contributed by atoms with Crippen molar-refractivity contribution in [2.45, 2.75) is 26.1 Å². The first-order chi connectivity index (χ1) is 12.7. The number of ether oxygens (including phenoxy) is 1. The quantitative estimate of drug-likeness (QED) is 0.657. The Bertz CT molecular complexity index is 769. The molecular weight excluding hydrogens is 326 g/mol. The van der Waals surface area contributed by atoms with E-state index in [4.69, 9.17) is 4.74 Å². The Morgan fingerprint density at radius 2 is 1.65 bits per heavy atom. The van der Waals surface area contributed by atoms with Crippen LogP contribution in [0.15, 0.2) is 79.4 Å². The summed E-state index contributed by atoms with van der Waals surface area (Å²) in [5, 5.41) is 0. The van der Waals surface area contributed by atoms with Crippen molar-refractivity contribution in [2.75, 3.05) is 0 Å². The number of carbonyl (C=O) groups is 1. The van der Waals surface area contributed by atoms with Crippen LogP contribution in [0.25, 0.3) is 0 Å². The van der Waals surface area contributed by atoms with Crippen LogP contribution in [-0.4, -0.2) is 26.9 Å². The van der Waals surface area contributed by atoms with E-state index >= 15 is 0 Å². The second-order valence-electron chi connectivity index (χ2n) is 5.98. The van der Waals surface area contributed by atoms with Gasteiger partial charge in [0.2, 0.25) is 0 Å². The van der Waals surface area contributed by atoms with E-state index in [2.05, 4.69) is 9.97 Å². The lowest BCUT2D eigenvalue weighted by Gasteiger charge is -2.26. The molecule has 0 aliphatic heterocycles. The Kier molecular flexibility index (Phi) is 5.93. The second-order valence-corrected chi connectivity index (χ2v) is 5.98. The number of carbonyl (C=O) groups excluding carboxylic acids is 1. The van der Waals surface area contributed by atoms with Crippen LogP contribution in [0.5, 0.6) is 5.75 Å². The van der Waals surface area contributed by atoms with Gasteiger partial charge in [0.05, 0.1) is 0 Å². The average molecular weight is 347 g/mol. The van der Waals surface area contributed by atoms with Gasteiger partial charge in [-0.15, -0.1) is 0 Å². The molecule has 3 aromatic rings. The molecule has 2 aromatic heterocycles. The maximum absolute atomic E-state index is 13.0. The van der Waals surface area contributed by atoms with E-state index in [1.54, 1.807) is 36.6 Å². The molecule has 3 rings (SSSR count). The molecule has 0 N–H and O–H groups in total. The van der Waals surface area contributed by atoms with Crippen LogP contribution in [0.4, 0.5) is 0 Å². The van der Waals surface area contributed by atoms with Crippen molar-refractivity contribution in [1.29, 1.82) is 0 Å². The highest BCUT2D eigenvalue weighted by Crippen LogP contribution is 2.15. The topological polar surface area (TPSA) is 55.3 Å². The standard InChI is InChI=1S/C21H21N3O2/c1-17(26-20-7-3-2-4-8-20)21(25)24(15-18-9-12-22-13-10-18)16-19-6-5-11-23-14-19/h2-14,17H,15-16H2,1H3/t17-/m1/s1. The lowest BCUT2D eigenvalue weighted by molar-refractivity contribution is -0.139. The van der Waals surface area contributed by atoms with Gasteiger partial charge in [0.25, 0.3) is 5.91 Å². The van der Waals surface area contributed by atoms with Gasteiger partial charge in [0.1, 0.15) is 5.75 Å². The van der Waals surface area contributed by atoms with Crippen molar-refractivity contribution >= 4 is 5.91 Å². The molecule has 0 spiro atoms. The summed E-state index contributed by atoms with van der Waals surface area (Å²) in [4.78, 5) is 23.0. The first-order valence-electron chi connectivity index (χ1n) is 8.50. The van der Waals surface area contributed by atoms with Crippen LogP contribution in [0.2, 0.25) is 0 Å². The number of aromatic nitrogens is 2. The van der Waals surface area contributed by atoms with Crippen molar-refractivity contribution in [1.82, 2.24) is 14.9 Å². The Morgan fingerprint density at radius 1 is 0.923 bits per heavy atom. The third-order valence-corrected chi connectivity index (χ3v) is 3.93. The number of pyridine rings is 2. The van der Waals surface area contributed by atoms with Gasteiger partial charge in [-0.05, 0) is 48.4 Å². The summed E-state index contributed by atoms with van der Waals surface area (Å²) in [6.45, 7) is 2.73. The molecule has 0 aliphatic rings. The van der Waals surface area contributed by atoms with Crippen LogP contribution in [-0.2, 0) is 17.9 Å². The summed E-state index contributed by atoms with van der Waals surface area (Å²) in [6.07, 6.45) is 6.36. The lowest BCUT2D eigenvalue weighted by Crippen LogP contribution is -2.39. The molecule has 0 saturated carbocycles. The van der Waals surface area contributed by atoms with E-state index in [-0.39, 0.29) is 5.91 Å². The molecule has 0 saturated heterocycles. The van der Waals surface area contributed by atoms with Gasteiger partial charge >= 0.3 is 0 Å². The Labute approximate surface area is 153 Å². The smallest absolute Gasteiger partial charge is 0.263 e. The minimum Gasteiger partial charge on any atom is -0.481 e. The van der Waals surface area contributed by atoms with Gasteiger partial charge in [-0.3, -0.25) is 14.8 Å². The first kappa shape index (κ1) is 17.6. The van der Waals surface area contributed by atoms with Crippen molar-refractivity contribution < 1.29 is 9.53 Å². The van der Waals surface area contributed by atoms with Crippen LogP contribution in [0.3, 0.4) is 0 Å². The molecule has 26 heavy (non-hydrogen) atoms. The Morgan fingerprint density at radius 3 is 2.35 bits per heavy atom. The number of hydrogen-bond acceptors (Lipinski definition) is 4. The van der Waals surface area contributed by atoms with Crippen molar-refractivity contribution in [2.24, 2.45) is 0 Å². The minimum atomic E-state index is -0.587. The summed E-state index contributed by atoms with van der Waals surface area (Å²) in [6, 6.07) is 17.0. The molecule has 1 amide bonds. The molecule has 5 nitrogen and oxygen atoms in total. The fraction of sp³-hybridized carbons (Fsp3) is 0.190. The molecule has 1 atom stereocenters. The molecule has 0 unspecified atom stereocenters. The van der Waals surface area contributed by atoms with Crippen LogP contribution >= 0.6 is 0 Å². The van der Waals surface area contributed by atoms with E-state index in [1.165, 1.54) is 0 Å². The third kappa shape index (κ3) is 4.89. The number of nitrogens with zero attached hydrogens (tertiary/aromatic N) is 3. The second kappa shape index (κ2) is 8.76. The highest BCUT2D eigenvalue weighted by Gasteiger charge is 2.22. The minimum absolute atomic E-state index is 0.0745. The average Bonchev–Trinajstić information content (AvgIpc) is 2.69. The van der Waals surface area contributed by atoms with Gasteiger partial charge in [0, 0.05) is 37.9 Å². The monoisotopic (exact) mass is 347 g/mol. The molecule has 0 radical (unpaired) electrons. The number of amides is 1. The Balaban J connectivity index is 1.75. The molecule has 132 valence electrons. The number of para-hydroxylation sites is 1. The van der Waals surface area contributed by atoms with Gasteiger partial charge in [-0.1, -0.05) is 24.3 Å². The van der Waals surface area contributed by atoms with Crippen molar-refractivity contribution in [3.63, 3.8) is 0 Å². The SMILES string of the molecule is C[C@@H](Oc1ccccc1)C(=O)N(Cc1ccncc1)Cc1cccnc1. The summed E-state index contributed by atoms with van der Waals surface area (Å²) in [5.41, 5.74) is 1.99. The number of rotatable bonds is 7. The maximum atomic E-state index is 13.0. The zero-order chi connectivity index (χ0) is 18.2. The molecule has 0 bridgehead atoms. The van der Waals surface area contributed by atoms with E-state index < -0.39 is 6.10 Å². The van der Waals surface area contributed by atoms with Gasteiger partial charge in [0.15, 0.2) is 6.10 Å². The molecular formula is C21H21N3O2. The van der Waals surface area contributed by atoms with Crippen molar-refractivity contribution in [3.05, 3.63) is 90.5 Å². The maximum Gasteiger partial charge on any atom is 0.263 e. The van der Waals surface area contributed by atoms with Gasteiger partial charge in [-0.25, -0.2) is 0 Å². The molecule has 2 heterocycles. The largest absolute Gasteiger partial charge is 0.481 e. The summed E-state index contributed by atoms with van der Waals surface area (Å²) >= 11 is 0. The molecule has 1 aromatic carbocycles. The fourth-order valence-corrected chi connectivity index (χ4v) is 2.64. The number of hydrogen-bond donors (Lipinski definition) is 0. The van der Waals surface area contributed by atoms with Gasteiger partial charge in [-0.2, -0.15) is 0 Å². The molecule has 0 fully saturated rings. The predicted molar refractivity (Wildman–Crippen MR) is 99.3 cm³/mol. The summed E-state index contributed by atoms with van der Waals surface area (Å²) in [7, 11) is 0. The highest BCUT2D eigenvalue weighted by molar-refractivity contribution is 5.80. The lowest BCUT2D eigenvalue weighted by atomic mass is 10.2. The van der Waals surface area contributed by atoms with Crippen LogP contribution in [0.1, 0.15) is 18.1 Å². The van der Waals surface area contributed by atoms with Crippen LogP contribution in [0, 0.1) is 0 Å². The van der Waals surface area contributed by atoms with E-state index in [0.29, 0.717) is 18.8 Å². The zero-order valence-corrected chi connectivity index (χ0v) is 14.7. The highest BCUT2D eigenvalue weighted by atomic mass is 16.5. The van der Waals surface area contributed by atoms with Crippen LogP contribution < -0.4 is 4.74 Å². The third-order valence-electron chi connectivity index (χ3n) is 3.93. The first-order valence-corrected chi connectivity index (χ1v) is 8.50. The normalized spacial score (nSPS) is 11.6. The summed E-state index contributed by atoms with van der Waals surface area (Å²) < 4.78 is 5.81. The zero-order valence-electron chi connectivity index (χ0n) is 14.7. The van der Waals surface area contributed by atoms with Gasteiger partial charge < -0.3 is 9.64 Å². The Hall–Kier alpha value is -3.21. The van der Waals surface area contributed by atoms with E-state index in [1.807, 2.05) is 54.6 Å². The summed E-state index contributed by atoms with van der Waals surface area (Å²) in [5.74, 6) is 0.605. The molecule has 0 aliphatic carbocycles. The van der Waals surface area contributed by atoms with E-state index in [0.717, 1.165) is 11.1 Å². The number of benzene rings is 1. The predicted octanol–water partition coefficient (Wildman–Crippen LogP) is 3.47. The van der Waals surface area contributed by atoms with Crippen molar-refractivity contribution in [3.8, 4) is 5.75 Å². The fourth-order valence-electron chi connectivity index (χ4n) is 2.64. The molecule has 5 heteroatoms. The van der Waals surface area contributed by atoms with E-state index in [9.17, 15) is 4.79 Å².